The summed E-state index contributed by atoms with van der Waals surface area (Å²) in [6, 6.07) is -0.127. The minimum absolute atomic E-state index is 0.0858. The first-order valence-electron chi connectivity index (χ1n) is 8.25. The van der Waals surface area contributed by atoms with E-state index in [-0.39, 0.29) is 26.6 Å². The number of hydrogen-bond acceptors (Lipinski definition) is 3. The Bertz CT molecular complexity index is 366. The first-order valence-corrected chi connectivity index (χ1v) is 9.33. The Balaban J connectivity index is 4.31. The van der Waals surface area contributed by atoms with E-state index in [0.717, 1.165) is 26.4 Å². The van der Waals surface area contributed by atoms with Crippen molar-refractivity contribution in [2.75, 3.05) is 6.54 Å². The van der Waals surface area contributed by atoms with Crippen LogP contribution in [0, 0.1) is 0 Å². The number of carbonyl (C=O) groups excluding carboxylic acids is 2. The van der Waals surface area contributed by atoms with Crippen LogP contribution in [-0.4, -0.2) is 47.5 Å². The van der Waals surface area contributed by atoms with Crippen LogP contribution in [-0.2, 0) is 4.79 Å². The van der Waals surface area contributed by atoms with E-state index in [0.29, 0.717) is 13.7 Å². The van der Waals surface area contributed by atoms with Gasteiger partial charge in [-0.1, -0.05) is 29.4 Å². The van der Waals surface area contributed by atoms with Crippen LogP contribution in [0.4, 0.5) is 4.79 Å². The fourth-order valence-corrected chi connectivity index (χ4v) is 2.60. The maximum atomic E-state index is 12.6. The lowest BCUT2D eigenvalue weighted by molar-refractivity contribution is -0.122. The summed E-state index contributed by atoms with van der Waals surface area (Å²) in [7, 11) is 1.47. The first kappa shape index (κ1) is 22.0. The van der Waals surface area contributed by atoms with Gasteiger partial charge >= 0.3 is 0 Å². The highest BCUT2D eigenvalue weighted by Gasteiger charge is 2.32. The predicted octanol–water partition coefficient (Wildman–Crippen LogP) is 2.24. The summed E-state index contributed by atoms with van der Waals surface area (Å²) < 4.78 is -0.365. The topological polar surface area (TPSA) is 58.2 Å². The van der Waals surface area contributed by atoms with Crippen molar-refractivity contribution < 1.29 is 9.59 Å². The van der Waals surface area contributed by atoms with Crippen LogP contribution in [0.25, 0.3) is 0 Å². The predicted molar refractivity (Wildman–Crippen MR) is 107 cm³/mol. The zero-order chi connectivity index (χ0) is 17.4. The van der Waals surface area contributed by atoms with Crippen LogP contribution in [0.3, 0.4) is 0 Å². The summed E-state index contributed by atoms with van der Waals surface area (Å²) in [5.41, 5.74) is -0.0858. The fourth-order valence-electron chi connectivity index (χ4n) is 2.22. The lowest BCUT2D eigenvalue weighted by Gasteiger charge is -2.31. The van der Waals surface area contributed by atoms with Gasteiger partial charge in [0.1, 0.15) is 0 Å². The normalized spacial score (nSPS) is 13.4. The number of ketones is 1. The average molecular weight is 420 g/mol. The van der Waals surface area contributed by atoms with E-state index >= 15 is 0 Å². The van der Waals surface area contributed by atoms with Gasteiger partial charge in [-0.2, -0.15) is 0 Å². The molecule has 4 nitrogen and oxygen atoms in total. The highest BCUT2D eigenvalue weighted by atomic mass is 127. The Labute approximate surface area is 150 Å². The van der Waals surface area contributed by atoms with E-state index < -0.39 is 0 Å². The van der Waals surface area contributed by atoms with Gasteiger partial charge in [0.05, 0.1) is 16.6 Å². The maximum absolute atomic E-state index is 12.6. The highest BCUT2D eigenvalue weighted by molar-refractivity contribution is 14.1. The van der Waals surface area contributed by atoms with Crippen LogP contribution in [0.15, 0.2) is 0 Å². The minimum atomic E-state index is -0.365. The largest absolute Gasteiger partial charge is 0.366 e. The van der Waals surface area contributed by atoms with Crippen molar-refractivity contribution >= 4 is 48.5 Å². The number of carbonyl (C=O) groups is 2. The van der Waals surface area contributed by atoms with Gasteiger partial charge in [0.25, 0.3) is 0 Å². The Morgan fingerprint density at radius 1 is 1.14 bits per heavy atom. The van der Waals surface area contributed by atoms with E-state index in [9.17, 15) is 9.59 Å². The smallest absolute Gasteiger partial charge is 0.197 e. The van der Waals surface area contributed by atoms with Gasteiger partial charge in [-0.15, -0.1) is 0 Å². The second kappa shape index (κ2) is 9.96. The maximum Gasteiger partial charge on any atom is 0.197 e. The van der Waals surface area contributed by atoms with Crippen molar-refractivity contribution in [3.05, 3.63) is 0 Å². The van der Waals surface area contributed by atoms with Gasteiger partial charge in [0.15, 0.2) is 18.8 Å². The third kappa shape index (κ3) is 10.6. The number of Topliss-reactive ketones (excluding diaryl/α,β-unsaturated/α-hetero) is 1. The Morgan fingerprint density at radius 2 is 1.73 bits per heavy atom. The molecule has 1 atom stereocenters. The van der Waals surface area contributed by atoms with Gasteiger partial charge in [-0.3, -0.25) is 9.59 Å². The number of nitrogens with one attached hydrogen (secondary N) is 2. The molecular formula is C15H31B2IN2O2. The number of unbranched alkanes of at least 4 members (excludes halogenated alkanes) is 1. The molecule has 1 amide bonds. The fraction of sp³-hybridized carbons (Fsp3) is 0.867. The summed E-state index contributed by atoms with van der Waals surface area (Å²) in [4.78, 5) is 23.9. The van der Waals surface area contributed by atoms with Crippen LogP contribution in [0.2, 0.25) is 6.82 Å². The third-order valence-electron chi connectivity index (χ3n) is 3.23. The van der Waals surface area contributed by atoms with Crippen molar-refractivity contribution in [1.82, 2.24) is 10.6 Å². The molecule has 0 bridgehead atoms. The van der Waals surface area contributed by atoms with E-state index in [1.807, 2.05) is 20.7 Å². The number of alkyl halides is 1. The Morgan fingerprint density at radius 3 is 2.18 bits per heavy atom. The van der Waals surface area contributed by atoms with Gasteiger partial charge in [-0.05, 0) is 53.9 Å². The molecule has 0 aromatic rings. The van der Waals surface area contributed by atoms with Gasteiger partial charge in [0.2, 0.25) is 0 Å². The summed E-state index contributed by atoms with van der Waals surface area (Å²) in [6.07, 6.45) is 2.65. The van der Waals surface area contributed by atoms with E-state index in [2.05, 4.69) is 54.0 Å². The van der Waals surface area contributed by atoms with E-state index in [1.54, 1.807) is 0 Å². The molecule has 0 aliphatic rings. The van der Waals surface area contributed by atoms with Gasteiger partial charge in [0, 0.05) is 12.1 Å². The molecule has 22 heavy (non-hydrogen) atoms. The van der Waals surface area contributed by atoms with Gasteiger partial charge < -0.3 is 10.6 Å². The molecule has 0 spiro atoms. The SMILES string of the molecule is CBBC(=O)NCCCCC(NC(C)(C)C)C(=O)C(C)(C)I. The first-order chi connectivity index (χ1) is 9.97. The van der Waals surface area contributed by atoms with Gasteiger partial charge in [-0.25, -0.2) is 0 Å². The molecule has 0 aliphatic carbocycles. The van der Waals surface area contributed by atoms with Crippen molar-refractivity contribution in [3.8, 4) is 0 Å². The van der Waals surface area contributed by atoms with Crippen molar-refractivity contribution in [3.63, 3.8) is 0 Å². The second-order valence-electron chi connectivity index (χ2n) is 7.38. The second-order valence-corrected chi connectivity index (χ2v) is 10.1. The molecule has 0 fully saturated rings. The lowest BCUT2D eigenvalue weighted by atomic mass is 9.40. The number of halogens is 1. The molecule has 0 heterocycles. The molecule has 0 saturated heterocycles. The molecule has 126 valence electrons. The quantitative estimate of drug-likeness (QED) is 0.247. The molecular weight excluding hydrogens is 389 g/mol. The molecule has 0 rings (SSSR count). The minimum Gasteiger partial charge on any atom is -0.366 e. The molecule has 0 aliphatic heterocycles. The summed E-state index contributed by atoms with van der Waals surface area (Å²) >= 11 is 2.21. The molecule has 1 unspecified atom stereocenters. The summed E-state index contributed by atoms with van der Waals surface area (Å²) in [5, 5.41) is 6.36. The van der Waals surface area contributed by atoms with Crippen LogP contribution >= 0.6 is 22.6 Å². The number of rotatable bonds is 10. The van der Waals surface area contributed by atoms with Crippen molar-refractivity contribution in [2.45, 2.75) is 75.7 Å². The third-order valence-corrected chi connectivity index (χ3v) is 3.76. The highest BCUT2D eigenvalue weighted by Crippen LogP contribution is 2.22. The Kier molecular flexibility index (Phi) is 9.94. The lowest BCUT2D eigenvalue weighted by Crippen LogP contribution is -2.51. The molecule has 7 heteroatoms. The molecule has 0 aromatic carbocycles. The zero-order valence-electron chi connectivity index (χ0n) is 15.0. The monoisotopic (exact) mass is 420 g/mol. The summed E-state index contributed by atoms with van der Waals surface area (Å²) in [6.45, 7) is 12.9. The molecule has 2 N–H and O–H groups in total. The van der Waals surface area contributed by atoms with Crippen LogP contribution < -0.4 is 10.6 Å². The van der Waals surface area contributed by atoms with E-state index in [1.165, 1.54) is 0 Å². The summed E-state index contributed by atoms with van der Waals surface area (Å²) in [5.74, 6) is 0.370. The van der Waals surface area contributed by atoms with E-state index in [4.69, 9.17) is 0 Å². The Hall–Kier alpha value is -0.0401. The number of hydrogen-bond donors (Lipinski definition) is 2. The van der Waals surface area contributed by atoms with Crippen LogP contribution in [0.5, 0.6) is 0 Å². The number of amides is 1. The van der Waals surface area contributed by atoms with Crippen molar-refractivity contribution in [1.29, 1.82) is 0 Å². The standard InChI is InChI=1S/C15H31B2IN2O2/c1-14(2,3)20-11(12(21)15(4,5)18)9-7-8-10-19-13(22)17-16-6/h11,16-17,20H,7-10H2,1-6H3,(H,19,22). The van der Waals surface area contributed by atoms with Crippen LogP contribution in [0.1, 0.15) is 53.9 Å². The molecule has 0 radical (unpaired) electrons. The molecule has 0 aromatic heterocycles. The zero-order valence-corrected chi connectivity index (χ0v) is 17.2. The van der Waals surface area contributed by atoms with Crippen molar-refractivity contribution in [2.24, 2.45) is 0 Å². The molecule has 0 saturated carbocycles. The average Bonchev–Trinajstić information content (AvgIpc) is 2.33.